The first-order chi connectivity index (χ1) is 13.4. The molecule has 0 saturated carbocycles. The van der Waals surface area contributed by atoms with Crippen molar-refractivity contribution >= 4 is 45.8 Å². The summed E-state index contributed by atoms with van der Waals surface area (Å²) in [5, 5.41) is 20.1. The zero-order valence-electron chi connectivity index (χ0n) is 14.8. The van der Waals surface area contributed by atoms with E-state index in [0.717, 1.165) is 17.4 Å². The minimum atomic E-state index is -0.666. The molecule has 0 aliphatic carbocycles. The highest BCUT2D eigenvalue weighted by atomic mass is 32.2. The first-order valence-electron chi connectivity index (χ1n) is 8.33. The molecule has 1 heterocycles. The Bertz CT molecular complexity index is 948. The van der Waals surface area contributed by atoms with Crippen LogP contribution in [0, 0.1) is 17.0 Å². The molecule has 0 bridgehead atoms. The molecule has 2 aromatic rings. The number of hydrogen-bond acceptors (Lipinski definition) is 7. The summed E-state index contributed by atoms with van der Waals surface area (Å²) in [6.45, 7) is 1.72. The molecule has 0 unspecified atom stereocenters. The number of amidine groups is 1. The summed E-state index contributed by atoms with van der Waals surface area (Å²) in [6, 6.07) is 13.7. The van der Waals surface area contributed by atoms with E-state index in [9.17, 15) is 19.7 Å². The number of carbonyl (C=O) groups excluding carboxylic acids is 2. The third-order valence-electron chi connectivity index (χ3n) is 3.83. The van der Waals surface area contributed by atoms with Crippen LogP contribution in [0.3, 0.4) is 0 Å². The summed E-state index contributed by atoms with van der Waals surface area (Å²) in [7, 11) is 0. The van der Waals surface area contributed by atoms with E-state index in [1.54, 1.807) is 13.0 Å². The fraction of sp³-hybridized carbons (Fsp3) is 0.167. The summed E-state index contributed by atoms with van der Waals surface area (Å²) >= 11 is 1.12. The molecular weight excluding hydrogens is 382 g/mol. The van der Waals surface area contributed by atoms with E-state index >= 15 is 0 Å². The first-order valence-corrected chi connectivity index (χ1v) is 9.21. The number of benzene rings is 2. The van der Waals surface area contributed by atoms with E-state index in [1.807, 2.05) is 30.3 Å². The maximum Gasteiger partial charge on any atom is 0.293 e. The van der Waals surface area contributed by atoms with E-state index in [4.69, 9.17) is 0 Å². The second-order valence-electron chi connectivity index (χ2n) is 6.02. The van der Waals surface area contributed by atoms with Crippen LogP contribution in [0.2, 0.25) is 0 Å². The van der Waals surface area contributed by atoms with Crippen molar-refractivity contribution in [3.05, 3.63) is 64.2 Å². The lowest BCUT2D eigenvalue weighted by atomic mass is 10.2. The van der Waals surface area contributed by atoms with Gasteiger partial charge >= 0.3 is 0 Å². The third-order valence-corrected chi connectivity index (χ3v) is 4.91. The summed E-state index contributed by atoms with van der Waals surface area (Å²) in [5.41, 5.74) is 4.21. The summed E-state index contributed by atoms with van der Waals surface area (Å²) in [4.78, 5) is 34.9. The Morgan fingerprint density at radius 1 is 1.29 bits per heavy atom. The molecule has 1 atom stereocenters. The van der Waals surface area contributed by atoms with E-state index in [-0.39, 0.29) is 23.7 Å². The standard InChI is InChI=1S/C18H17N5O4S/c1-11-7-8-13(14(9-11)23(26)27)19-16(24)10-15-17(25)20-18(28-15)22-21-12-5-3-2-4-6-12/h2-9,15,21H,10H2,1H3,(H,19,24)(H,20,22,25)/t15-/m0/s1. The minimum Gasteiger partial charge on any atom is -0.320 e. The van der Waals surface area contributed by atoms with Gasteiger partial charge in [-0.1, -0.05) is 36.0 Å². The maximum absolute atomic E-state index is 12.3. The average molecular weight is 399 g/mol. The number of nitro groups is 1. The van der Waals surface area contributed by atoms with Crippen molar-refractivity contribution in [2.75, 3.05) is 10.7 Å². The molecular formula is C18H17N5O4S. The molecule has 3 rings (SSSR count). The van der Waals surface area contributed by atoms with Crippen molar-refractivity contribution in [1.82, 2.24) is 5.32 Å². The Morgan fingerprint density at radius 3 is 2.75 bits per heavy atom. The minimum absolute atomic E-state index is 0.101. The lowest BCUT2D eigenvalue weighted by Gasteiger charge is -2.08. The Kier molecular flexibility index (Phi) is 5.90. The van der Waals surface area contributed by atoms with E-state index in [0.29, 0.717) is 10.7 Å². The maximum atomic E-state index is 12.3. The van der Waals surface area contributed by atoms with Gasteiger partial charge in [0.15, 0.2) is 5.17 Å². The molecule has 1 saturated heterocycles. The normalized spacial score (nSPS) is 17.2. The van der Waals surface area contributed by atoms with Gasteiger partial charge in [-0.15, -0.1) is 5.10 Å². The number of carbonyl (C=O) groups is 2. The molecule has 0 spiro atoms. The van der Waals surface area contributed by atoms with E-state index in [1.165, 1.54) is 12.1 Å². The van der Waals surface area contributed by atoms with Crippen molar-refractivity contribution in [1.29, 1.82) is 0 Å². The molecule has 2 amide bonds. The molecule has 1 fully saturated rings. The Balaban J connectivity index is 1.60. The number of amides is 2. The zero-order valence-corrected chi connectivity index (χ0v) is 15.7. The molecule has 10 heteroatoms. The van der Waals surface area contributed by atoms with Crippen molar-refractivity contribution in [2.24, 2.45) is 5.10 Å². The zero-order chi connectivity index (χ0) is 20.1. The third kappa shape index (κ3) is 4.86. The average Bonchev–Trinajstić information content (AvgIpc) is 3.01. The van der Waals surface area contributed by atoms with Gasteiger partial charge in [0.2, 0.25) is 11.8 Å². The van der Waals surface area contributed by atoms with Gasteiger partial charge in [-0.2, -0.15) is 0 Å². The smallest absolute Gasteiger partial charge is 0.293 e. The fourth-order valence-corrected chi connectivity index (χ4v) is 3.42. The largest absolute Gasteiger partial charge is 0.320 e. The van der Waals surface area contributed by atoms with Crippen LogP contribution in [0.5, 0.6) is 0 Å². The highest BCUT2D eigenvalue weighted by Crippen LogP contribution is 2.27. The fourth-order valence-electron chi connectivity index (χ4n) is 2.49. The second-order valence-corrected chi connectivity index (χ2v) is 7.21. The predicted octanol–water partition coefficient (Wildman–Crippen LogP) is 2.85. The van der Waals surface area contributed by atoms with Crippen LogP contribution in [0.1, 0.15) is 12.0 Å². The van der Waals surface area contributed by atoms with Crippen LogP contribution in [0.15, 0.2) is 53.6 Å². The molecule has 9 nitrogen and oxygen atoms in total. The number of nitro benzene ring substituents is 1. The van der Waals surface area contributed by atoms with Gasteiger partial charge in [0, 0.05) is 12.5 Å². The Hall–Kier alpha value is -3.40. The SMILES string of the molecule is Cc1ccc(NC(=O)C[C@@H]2S/C(=N/Nc3ccccc3)NC2=O)c([N+](=O)[O-])c1. The number of nitrogens with one attached hydrogen (secondary N) is 3. The Labute approximate surface area is 164 Å². The van der Waals surface area contributed by atoms with Crippen LogP contribution >= 0.6 is 11.8 Å². The van der Waals surface area contributed by atoms with Crippen LogP contribution in [-0.2, 0) is 9.59 Å². The van der Waals surface area contributed by atoms with Gasteiger partial charge in [-0.3, -0.25) is 25.1 Å². The number of hydrazone groups is 1. The second kappa shape index (κ2) is 8.53. The van der Waals surface area contributed by atoms with Crippen molar-refractivity contribution in [3.8, 4) is 0 Å². The molecule has 28 heavy (non-hydrogen) atoms. The van der Waals surface area contributed by atoms with Crippen LogP contribution < -0.4 is 16.1 Å². The van der Waals surface area contributed by atoms with E-state index in [2.05, 4.69) is 21.2 Å². The van der Waals surface area contributed by atoms with Crippen molar-refractivity contribution in [2.45, 2.75) is 18.6 Å². The number of thioether (sulfide) groups is 1. The summed E-state index contributed by atoms with van der Waals surface area (Å²) in [6.07, 6.45) is -0.133. The van der Waals surface area contributed by atoms with Crippen molar-refractivity contribution in [3.63, 3.8) is 0 Å². The molecule has 0 radical (unpaired) electrons. The lowest BCUT2D eigenvalue weighted by molar-refractivity contribution is -0.384. The van der Waals surface area contributed by atoms with Crippen LogP contribution in [0.4, 0.5) is 17.1 Å². The highest BCUT2D eigenvalue weighted by Gasteiger charge is 2.32. The van der Waals surface area contributed by atoms with E-state index < -0.39 is 16.1 Å². The molecule has 2 aromatic carbocycles. The lowest BCUT2D eigenvalue weighted by Crippen LogP contribution is -2.28. The van der Waals surface area contributed by atoms with Gasteiger partial charge in [0.05, 0.1) is 10.6 Å². The number of rotatable bonds is 6. The van der Waals surface area contributed by atoms with Gasteiger partial charge < -0.3 is 10.6 Å². The quantitative estimate of drug-likeness (QED) is 0.507. The molecule has 3 N–H and O–H groups in total. The van der Waals surface area contributed by atoms with Crippen LogP contribution in [0.25, 0.3) is 0 Å². The first kappa shape index (κ1) is 19.4. The number of hydrogen-bond donors (Lipinski definition) is 3. The predicted molar refractivity (Wildman–Crippen MR) is 108 cm³/mol. The summed E-state index contributed by atoms with van der Waals surface area (Å²) in [5.74, 6) is -0.830. The van der Waals surface area contributed by atoms with Gasteiger partial charge in [0.25, 0.3) is 5.69 Å². The number of para-hydroxylation sites is 1. The van der Waals surface area contributed by atoms with Gasteiger partial charge in [0.1, 0.15) is 10.9 Å². The van der Waals surface area contributed by atoms with Gasteiger partial charge in [-0.05, 0) is 30.7 Å². The summed E-state index contributed by atoms with van der Waals surface area (Å²) < 4.78 is 0. The molecule has 1 aliphatic rings. The topological polar surface area (TPSA) is 126 Å². The van der Waals surface area contributed by atoms with Crippen LogP contribution in [-0.4, -0.2) is 27.2 Å². The number of aryl methyl sites for hydroxylation is 1. The number of anilines is 2. The molecule has 1 aliphatic heterocycles. The van der Waals surface area contributed by atoms with Crippen molar-refractivity contribution < 1.29 is 14.5 Å². The number of nitrogens with zero attached hydrogens (tertiary/aromatic N) is 2. The highest BCUT2D eigenvalue weighted by molar-refractivity contribution is 8.15. The monoisotopic (exact) mass is 399 g/mol. The van der Waals surface area contributed by atoms with Gasteiger partial charge in [-0.25, -0.2) is 0 Å². The molecule has 0 aromatic heterocycles. The molecule has 144 valence electrons. The Morgan fingerprint density at radius 2 is 2.04 bits per heavy atom.